The second-order valence-electron chi connectivity index (χ2n) is 7.10. The highest BCUT2D eigenvalue weighted by Gasteiger charge is 2.36. The minimum atomic E-state index is -0.0922. The zero-order chi connectivity index (χ0) is 20.5. The molecule has 0 unspecified atom stereocenters. The van der Waals surface area contributed by atoms with E-state index in [2.05, 4.69) is 20.3 Å². The third-order valence-corrected chi connectivity index (χ3v) is 5.19. The van der Waals surface area contributed by atoms with Gasteiger partial charge < -0.3 is 14.2 Å². The molecule has 2 aromatic heterocycles. The van der Waals surface area contributed by atoms with Crippen LogP contribution < -0.4 is 4.74 Å². The van der Waals surface area contributed by atoms with E-state index in [-0.39, 0.29) is 11.8 Å². The van der Waals surface area contributed by atoms with Crippen LogP contribution in [-0.2, 0) is 0 Å². The van der Waals surface area contributed by atoms with Crippen molar-refractivity contribution in [2.75, 3.05) is 20.2 Å². The number of nitrogens with zero attached hydrogens (tertiary/aromatic N) is 4. The molecule has 30 heavy (non-hydrogen) atoms. The van der Waals surface area contributed by atoms with Crippen LogP contribution in [0.2, 0.25) is 0 Å². The first-order chi connectivity index (χ1) is 14.7. The summed E-state index contributed by atoms with van der Waals surface area (Å²) >= 11 is 0. The third kappa shape index (κ3) is 3.22. The summed E-state index contributed by atoms with van der Waals surface area (Å²) in [5.41, 5.74) is 2.94. The zero-order valence-electron chi connectivity index (χ0n) is 16.3. The lowest BCUT2D eigenvalue weighted by atomic mass is 9.99. The van der Waals surface area contributed by atoms with Crippen LogP contribution in [0.3, 0.4) is 0 Å². The molecule has 2 aromatic carbocycles. The fraction of sp³-hybridized carbons (Fsp3) is 0.182. The number of amides is 1. The topological polar surface area (TPSA) is 97.1 Å². The Bertz CT molecular complexity index is 1180. The summed E-state index contributed by atoms with van der Waals surface area (Å²) in [5, 5.41) is 11.2. The van der Waals surface area contributed by atoms with Gasteiger partial charge in [0.2, 0.25) is 11.7 Å². The second-order valence-corrected chi connectivity index (χ2v) is 7.10. The van der Waals surface area contributed by atoms with Crippen LogP contribution in [0.4, 0.5) is 0 Å². The number of aromatic amines is 1. The molecule has 5 rings (SSSR count). The molecule has 1 amide bonds. The minimum absolute atomic E-state index is 0.0152. The van der Waals surface area contributed by atoms with Crippen molar-refractivity contribution < 1.29 is 14.1 Å². The molecule has 8 nitrogen and oxygen atoms in total. The molecule has 150 valence electrons. The molecule has 1 aliphatic heterocycles. The number of methoxy groups -OCH3 is 1. The number of H-pyrrole nitrogens is 1. The normalized spacial score (nSPS) is 13.8. The van der Waals surface area contributed by atoms with Gasteiger partial charge in [0.05, 0.1) is 24.3 Å². The molecule has 0 radical (unpaired) electrons. The van der Waals surface area contributed by atoms with Crippen LogP contribution in [-0.4, -0.2) is 51.3 Å². The lowest BCUT2D eigenvalue weighted by molar-refractivity contribution is 0.0563. The summed E-state index contributed by atoms with van der Waals surface area (Å²) in [4.78, 5) is 19.0. The van der Waals surface area contributed by atoms with Crippen molar-refractivity contribution in [3.63, 3.8) is 0 Å². The molecule has 1 fully saturated rings. The number of hydrogen-bond acceptors (Lipinski definition) is 6. The summed E-state index contributed by atoms with van der Waals surface area (Å²) in [6.07, 6.45) is 0. The fourth-order valence-corrected chi connectivity index (χ4v) is 3.50. The van der Waals surface area contributed by atoms with Gasteiger partial charge in [0.15, 0.2) is 0 Å². The SMILES string of the molecule is COc1ccccc1-c1noc(C2CN(C(=O)c3cc(-c4ccccc4)n[nH]3)C2)n1. The highest BCUT2D eigenvalue weighted by atomic mass is 16.5. The maximum absolute atomic E-state index is 12.7. The maximum Gasteiger partial charge on any atom is 0.271 e. The number of carbonyl (C=O) groups excluding carboxylic acids is 1. The maximum atomic E-state index is 12.7. The molecule has 0 aliphatic carbocycles. The molecule has 0 bridgehead atoms. The van der Waals surface area contributed by atoms with E-state index >= 15 is 0 Å². The highest BCUT2D eigenvalue weighted by Crippen LogP contribution is 2.31. The van der Waals surface area contributed by atoms with Crippen molar-refractivity contribution in [1.29, 1.82) is 0 Å². The van der Waals surface area contributed by atoms with E-state index in [1.54, 1.807) is 18.1 Å². The summed E-state index contributed by atoms with van der Waals surface area (Å²) in [7, 11) is 1.61. The minimum Gasteiger partial charge on any atom is -0.496 e. The van der Waals surface area contributed by atoms with Crippen molar-refractivity contribution >= 4 is 5.91 Å². The van der Waals surface area contributed by atoms with Crippen LogP contribution in [0, 0.1) is 0 Å². The zero-order valence-corrected chi connectivity index (χ0v) is 16.3. The summed E-state index contributed by atoms with van der Waals surface area (Å²) in [5.74, 6) is 1.61. The Hall–Kier alpha value is -3.94. The second kappa shape index (κ2) is 7.47. The Morgan fingerprint density at radius 3 is 2.70 bits per heavy atom. The Balaban J connectivity index is 1.25. The van der Waals surface area contributed by atoms with Crippen LogP contribution in [0.5, 0.6) is 5.75 Å². The molecule has 8 heteroatoms. The van der Waals surface area contributed by atoms with Gasteiger partial charge in [0, 0.05) is 18.7 Å². The Morgan fingerprint density at radius 1 is 1.13 bits per heavy atom. The number of nitrogens with one attached hydrogen (secondary N) is 1. The molecular formula is C22H19N5O3. The molecule has 0 saturated carbocycles. The predicted octanol–water partition coefficient (Wildman–Crippen LogP) is 3.37. The van der Waals surface area contributed by atoms with Crippen molar-refractivity contribution in [3.05, 3.63) is 72.2 Å². The molecule has 3 heterocycles. The van der Waals surface area contributed by atoms with Crippen molar-refractivity contribution in [2.24, 2.45) is 0 Å². The summed E-state index contributed by atoms with van der Waals surface area (Å²) in [6.45, 7) is 1.04. The quantitative estimate of drug-likeness (QED) is 0.551. The Labute approximate surface area is 172 Å². The van der Waals surface area contributed by atoms with Gasteiger partial charge in [-0.25, -0.2) is 0 Å². The van der Waals surface area contributed by atoms with Crippen LogP contribution in [0.1, 0.15) is 22.3 Å². The average Bonchev–Trinajstić information content (AvgIpc) is 3.43. The van der Waals surface area contributed by atoms with Gasteiger partial charge in [0.1, 0.15) is 11.4 Å². The number of aromatic nitrogens is 4. The lowest BCUT2D eigenvalue weighted by Gasteiger charge is -2.36. The molecule has 4 aromatic rings. The van der Waals surface area contributed by atoms with E-state index < -0.39 is 0 Å². The largest absolute Gasteiger partial charge is 0.496 e. The number of ether oxygens (including phenoxy) is 1. The average molecular weight is 401 g/mol. The van der Waals surface area contributed by atoms with E-state index in [0.717, 1.165) is 16.8 Å². The number of carbonyl (C=O) groups is 1. The Kier molecular flexibility index (Phi) is 4.51. The van der Waals surface area contributed by atoms with Gasteiger partial charge >= 0.3 is 0 Å². The van der Waals surface area contributed by atoms with E-state index in [1.165, 1.54) is 0 Å². The molecule has 1 aliphatic rings. The first kappa shape index (κ1) is 18.1. The molecular weight excluding hydrogens is 382 g/mol. The van der Waals surface area contributed by atoms with Crippen LogP contribution in [0.25, 0.3) is 22.6 Å². The van der Waals surface area contributed by atoms with E-state index in [1.807, 2.05) is 54.6 Å². The van der Waals surface area contributed by atoms with Gasteiger partial charge in [-0.2, -0.15) is 10.1 Å². The van der Waals surface area contributed by atoms with Gasteiger partial charge in [-0.3, -0.25) is 9.89 Å². The monoisotopic (exact) mass is 401 g/mol. The number of hydrogen-bond donors (Lipinski definition) is 1. The third-order valence-electron chi connectivity index (χ3n) is 5.19. The van der Waals surface area contributed by atoms with Crippen LogP contribution in [0.15, 0.2) is 65.2 Å². The fourth-order valence-electron chi connectivity index (χ4n) is 3.50. The molecule has 0 spiro atoms. The van der Waals surface area contributed by atoms with E-state index in [9.17, 15) is 4.79 Å². The summed E-state index contributed by atoms with van der Waals surface area (Å²) in [6, 6.07) is 19.0. The first-order valence-corrected chi connectivity index (χ1v) is 9.60. The smallest absolute Gasteiger partial charge is 0.271 e. The van der Waals surface area contributed by atoms with Gasteiger partial charge in [0.25, 0.3) is 5.91 Å². The van der Waals surface area contributed by atoms with Crippen LogP contribution >= 0.6 is 0 Å². The number of para-hydroxylation sites is 1. The summed E-state index contributed by atoms with van der Waals surface area (Å²) < 4.78 is 10.8. The number of rotatable bonds is 5. The molecule has 1 saturated heterocycles. The molecule has 1 N–H and O–H groups in total. The van der Waals surface area contributed by atoms with Crippen molar-refractivity contribution in [1.82, 2.24) is 25.2 Å². The van der Waals surface area contributed by atoms with E-state index in [0.29, 0.717) is 36.2 Å². The van der Waals surface area contributed by atoms with Gasteiger partial charge in [-0.05, 0) is 18.2 Å². The highest BCUT2D eigenvalue weighted by molar-refractivity contribution is 5.94. The molecule has 0 atom stereocenters. The van der Waals surface area contributed by atoms with Crippen molar-refractivity contribution in [2.45, 2.75) is 5.92 Å². The van der Waals surface area contributed by atoms with E-state index in [4.69, 9.17) is 9.26 Å². The standard InChI is InChI=1S/C22H19N5O3/c1-29-19-10-6-5-9-16(19)20-23-21(30-26-20)15-12-27(13-15)22(28)18-11-17(24-25-18)14-7-3-2-4-8-14/h2-11,15H,12-13H2,1H3,(H,24,25). The number of likely N-dealkylation sites (tertiary alicyclic amines) is 1. The lowest BCUT2D eigenvalue weighted by Crippen LogP contribution is -2.48. The van der Waals surface area contributed by atoms with Gasteiger partial charge in [-0.15, -0.1) is 0 Å². The first-order valence-electron chi connectivity index (χ1n) is 9.60. The van der Waals surface area contributed by atoms with Gasteiger partial charge in [-0.1, -0.05) is 47.6 Å². The Morgan fingerprint density at radius 2 is 1.90 bits per heavy atom. The predicted molar refractivity (Wildman–Crippen MR) is 109 cm³/mol. The van der Waals surface area contributed by atoms with Crippen molar-refractivity contribution in [3.8, 4) is 28.4 Å². The number of benzene rings is 2.